The van der Waals surface area contributed by atoms with E-state index < -0.39 is 26.4 Å². The molecule has 0 unspecified atom stereocenters. The zero-order valence-electron chi connectivity index (χ0n) is 11.9. The van der Waals surface area contributed by atoms with Crippen LogP contribution >= 0.6 is 0 Å². The molecule has 2 nitrogen and oxygen atoms in total. The Morgan fingerprint density at radius 3 is 1.67 bits per heavy atom. The first-order valence-corrected chi connectivity index (χ1v) is 15.4. The van der Waals surface area contributed by atoms with Crippen molar-refractivity contribution in [2.75, 3.05) is 0 Å². The van der Waals surface area contributed by atoms with E-state index in [2.05, 4.69) is 46.2 Å². The van der Waals surface area contributed by atoms with E-state index in [0.717, 1.165) is 10.5 Å². The molecule has 0 aliphatic heterocycles. The van der Waals surface area contributed by atoms with Gasteiger partial charge in [0.05, 0.1) is 0 Å². The lowest BCUT2D eigenvalue weighted by Crippen LogP contribution is -2.34. The van der Waals surface area contributed by atoms with Crippen LogP contribution in [0, 0.1) is 0 Å². The minimum atomic E-state index is -1.20. The molecule has 6 heteroatoms. The second kappa shape index (κ2) is 9.97. The number of hydrogen-bond acceptors (Lipinski definition) is 2. The third kappa shape index (κ3) is 17.4. The molecule has 0 amide bonds. The molecule has 0 heterocycles. The van der Waals surface area contributed by atoms with Gasteiger partial charge in [-0.3, -0.25) is 0 Å². The van der Waals surface area contributed by atoms with Crippen LogP contribution in [0.25, 0.3) is 0 Å². The van der Waals surface area contributed by atoms with E-state index in [1.54, 1.807) is 0 Å². The minimum absolute atomic E-state index is 0.588. The predicted octanol–water partition coefficient (Wildman–Crippen LogP) is 1.87. The largest absolute Gasteiger partial charge is 0.466 e. The van der Waals surface area contributed by atoms with Crippen molar-refractivity contribution in [3.63, 3.8) is 0 Å². The molecule has 0 aromatic carbocycles. The maximum atomic E-state index is 5.96. The highest BCUT2D eigenvalue weighted by Gasteiger charge is 2.21. The van der Waals surface area contributed by atoms with E-state index in [0.29, 0.717) is 0 Å². The highest BCUT2D eigenvalue weighted by Crippen LogP contribution is 2.13. The van der Waals surface area contributed by atoms with Crippen molar-refractivity contribution in [2.45, 2.75) is 58.7 Å². The summed E-state index contributed by atoms with van der Waals surface area (Å²) in [7, 11) is -1.62. The Morgan fingerprint density at radius 1 is 1.07 bits per heavy atom. The summed E-state index contributed by atoms with van der Waals surface area (Å²) in [5.74, 6) is 0. The van der Waals surface area contributed by atoms with Crippen LogP contribution < -0.4 is 0 Å². The van der Waals surface area contributed by atoms with Gasteiger partial charge in [-0.25, -0.2) is 0 Å². The summed E-state index contributed by atoms with van der Waals surface area (Å²) >= 11 is 0. The fraction of sp³-hybridized carbons (Fsp3) is 1.00. The zero-order chi connectivity index (χ0) is 12.5. The molecular formula is C9H30O2Si4. The molecule has 0 rings (SSSR count). The molecule has 15 heavy (non-hydrogen) atoms. The van der Waals surface area contributed by atoms with Crippen molar-refractivity contribution < 1.29 is 8.23 Å². The Balaban J connectivity index is 0. The van der Waals surface area contributed by atoms with Gasteiger partial charge in [0, 0.05) is 0 Å². The molecule has 0 aliphatic carbocycles. The molecule has 0 atom stereocenters. The van der Waals surface area contributed by atoms with Gasteiger partial charge in [-0.15, -0.1) is 0 Å². The molecule has 0 saturated carbocycles. The van der Waals surface area contributed by atoms with Gasteiger partial charge in [0.1, 0.15) is 10.5 Å². The van der Waals surface area contributed by atoms with Crippen LogP contribution in [0.2, 0.25) is 45.3 Å². The lowest BCUT2D eigenvalue weighted by atomic mass is 10.6. The highest BCUT2D eigenvalue weighted by molar-refractivity contribution is 6.77. The van der Waals surface area contributed by atoms with Crippen LogP contribution in [0.1, 0.15) is 13.3 Å². The number of hydrogen-bond donors (Lipinski definition) is 0. The first-order valence-electron chi connectivity index (χ1n) is 5.95. The molecule has 0 aliphatic rings. The summed E-state index contributed by atoms with van der Waals surface area (Å²) in [6, 6.07) is 1.32. The maximum Gasteiger partial charge on any atom is 0.173 e. The molecule has 0 aromatic rings. The third-order valence-electron chi connectivity index (χ3n) is 1.88. The van der Waals surface area contributed by atoms with Crippen LogP contribution in [-0.2, 0) is 8.23 Å². The minimum Gasteiger partial charge on any atom is -0.466 e. The van der Waals surface area contributed by atoms with Gasteiger partial charge in [-0.05, 0) is 45.3 Å². The molecule has 0 radical (unpaired) electrons. The Hall–Kier alpha value is 0.788. The van der Waals surface area contributed by atoms with Crippen LogP contribution in [0.4, 0.5) is 0 Å². The maximum absolute atomic E-state index is 5.96. The lowest BCUT2D eigenvalue weighted by molar-refractivity contribution is 0.568. The van der Waals surface area contributed by atoms with Gasteiger partial charge in [-0.1, -0.05) is 13.3 Å². The Morgan fingerprint density at radius 2 is 1.47 bits per heavy atom. The van der Waals surface area contributed by atoms with Crippen molar-refractivity contribution in [3.8, 4) is 0 Å². The van der Waals surface area contributed by atoms with Crippen molar-refractivity contribution in [3.05, 3.63) is 0 Å². The van der Waals surface area contributed by atoms with Crippen molar-refractivity contribution in [1.82, 2.24) is 0 Å². The second-order valence-electron chi connectivity index (χ2n) is 4.96. The molecule has 0 aromatic heterocycles. The summed E-state index contributed by atoms with van der Waals surface area (Å²) in [5.41, 5.74) is 0. The average Bonchev–Trinajstić information content (AvgIpc) is 2.02. The van der Waals surface area contributed by atoms with Crippen LogP contribution in [0.3, 0.4) is 0 Å². The van der Waals surface area contributed by atoms with E-state index in [1.807, 2.05) is 0 Å². The quantitative estimate of drug-likeness (QED) is 0.717. The molecule has 0 spiro atoms. The van der Waals surface area contributed by atoms with Gasteiger partial charge in [-0.2, -0.15) is 0 Å². The van der Waals surface area contributed by atoms with Crippen molar-refractivity contribution >= 4 is 36.9 Å². The van der Waals surface area contributed by atoms with Gasteiger partial charge >= 0.3 is 0 Å². The predicted molar refractivity (Wildman–Crippen MR) is 82.4 cm³/mol. The molecule has 0 saturated heterocycles. The third-order valence-corrected chi connectivity index (χ3v) is 11.8. The summed E-state index contributed by atoms with van der Waals surface area (Å²) in [4.78, 5) is 0. The Bertz CT molecular complexity index is 140. The summed E-state index contributed by atoms with van der Waals surface area (Å²) in [5, 5.41) is 0. The molecule has 0 fully saturated rings. The highest BCUT2D eigenvalue weighted by atomic mass is 28.4. The topological polar surface area (TPSA) is 18.5 Å². The first kappa shape index (κ1) is 18.2. The Labute approximate surface area is 104 Å². The van der Waals surface area contributed by atoms with Gasteiger partial charge in [0.15, 0.2) is 26.4 Å². The van der Waals surface area contributed by atoms with E-state index in [4.69, 9.17) is 8.23 Å². The van der Waals surface area contributed by atoms with Gasteiger partial charge in [0.25, 0.3) is 0 Å². The number of rotatable bonds is 5. The van der Waals surface area contributed by atoms with E-state index in [-0.39, 0.29) is 0 Å². The molecule has 0 N–H and O–H groups in total. The summed E-state index contributed by atoms with van der Waals surface area (Å²) < 4.78 is 11.0. The summed E-state index contributed by atoms with van der Waals surface area (Å²) in [6.07, 6.45) is 1.28. The second-order valence-corrected chi connectivity index (χ2v) is 16.0. The first-order chi connectivity index (χ1) is 6.75. The van der Waals surface area contributed by atoms with Crippen LogP contribution in [0.5, 0.6) is 0 Å². The lowest BCUT2D eigenvalue weighted by Gasteiger charge is -2.24. The van der Waals surface area contributed by atoms with Crippen molar-refractivity contribution in [2.24, 2.45) is 0 Å². The van der Waals surface area contributed by atoms with E-state index in [1.165, 1.54) is 12.5 Å². The normalized spacial score (nSPS) is 11.8. The van der Waals surface area contributed by atoms with Gasteiger partial charge in [0.2, 0.25) is 0 Å². The fourth-order valence-corrected chi connectivity index (χ4v) is 8.08. The van der Waals surface area contributed by atoms with Crippen LogP contribution in [-0.4, -0.2) is 36.9 Å². The molecule has 0 bridgehead atoms. The fourth-order valence-electron chi connectivity index (χ4n) is 1.30. The zero-order valence-corrected chi connectivity index (χ0v) is 17.2. The smallest absolute Gasteiger partial charge is 0.173 e. The van der Waals surface area contributed by atoms with E-state index in [9.17, 15) is 0 Å². The van der Waals surface area contributed by atoms with Gasteiger partial charge < -0.3 is 8.23 Å². The van der Waals surface area contributed by atoms with Crippen LogP contribution in [0.15, 0.2) is 0 Å². The monoisotopic (exact) mass is 282 g/mol. The standard InChI is InChI=1S/C7H20OSi2.C2H10OSi2/c1-6-7-10(4,5)8-9(2)3;1-5(2)3-4/h9H,6-7H2,1-5H3;5H,1-2,4H3. The average molecular weight is 283 g/mol. The molecule has 94 valence electrons. The molecular weight excluding hydrogens is 252 g/mol. The van der Waals surface area contributed by atoms with Crippen molar-refractivity contribution in [1.29, 1.82) is 0 Å². The Kier molecular flexibility index (Phi) is 12.1. The van der Waals surface area contributed by atoms with E-state index >= 15 is 0 Å². The summed E-state index contributed by atoms with van der Waals surface area (Å²) in [6.45, 7) is 15.7. The SMILES string of the molecule is CCC[Si](C)(C)O[SiH](C)C.C[SiH](C)O[SiH3].